The summed E-state index contributed by atoms with van der Waals surface area (Å²) in [5, 5.41) is 3.60. The first-order valence-corrected chi connectivity index (χ1v) is 5.13. The molecule has 1 saturated carbocycles. The van der Waals surface area contributed by atoms with Crippen LogP contribution >= 0.6 is 11.6 Å². The molecule has 15 heavy (non-hydrogen) atoms. The van der Waals surface area contributed by atoms with Crippen LogP contribution in [0.2, 0.25) is 5.02 Å². The van der Waals surface area contributed by atoms with E-state index in [-0.39, 0.29) is 0 Å². The van der Waals surface area contributed by atoms with Gasteiger partial charge in [-0.1, -0.05) is 11.6 Å². The number of ether oxygens (including phenoxy) is 1. The third kappa shape index (κ3) is 2.13. The number of rotatable bonds is 3. The van der Waals surface area contributed by atoms with Crippen molar-refractivity contribution < 1.29 is 4.74 Å². The van der Waals surface area contributed by atoms with Crippen LogP contribution in [0, 0.1) is 0 Å². The summed E-state index contributed by atoms with van der Waals surface area (Å²) in [5.41, 5.74) is 5.56. The molecule has 1 aliphatic carbocycles. The summed E-state index contributed by atoms with van der Waals surface area (Å²) in [6.07, 6.45) is 3.68. The van der Waals surface area contributed by atoms with Crippen molar-refractivity contribution in [1.82, 2.24) is 9.97 Å². The number of aromatic nitrogens is 2. The van der Waals surface area contributed by atoms with Crippen LogP contribution in [0.5, 0.6) is 0 Å². The molecule has 2 rings (SSSR count). The van der Waals surface area contributed by atoms with Crippen molar-refractivity contribution in [2.45, 2.75) is 25.0 Å². The lowest BCUT2D eigenvalue weighted by Gasteiger charge is -2.35. The summed E-state index contributed by atoms with van der Waals surface area (Å²) < 4.78 is 5.18. The number of nitrogens with one attached hydrogen (secondary N) is 1. The molecule has 0 bridgehead atoms. The van der Waals surface area contributed by atoms with Crippen molar-refractivity contribution >= 4 is 23.2 Å². The van der Waals surface area contributed by atoms with Gasteiger partial charge in [0, 0.05) is 13.2 Å². The van der Waals surface area contributed by atoms with E-state index in [0.29, 0.717) is 28.8 Å². The zero-order valence-electron chi connectivity index (χ0n) is 8.40. The van der Waals surface area contributed by atoms with Gasteiger partial charge in [-0.3, -0.25) is 0 Å². The SMILES string of the molecule is COC1CC(Nc2ncnc(N)c2Cl)C1. The average molecular weight is 229 g/mol. The lowest BCUT2D eigenvalue weighted by molar-refractivity contribution is 0.0328. The highest BCUT2D eigenvalue weighted by Gasteiger charge is 2.29. The largest absolute Gasteiger partial charge is 0.382 e. The second-order valence-electron chi connectivity index (χ2n) is 3.59. The van der Waals surface area contributed by atoms with Gasteiger partial charge in [0.25, 0.3) is 0 Å². The Bertz CT molecular complexity index is 354. The number of nitrogens with two attached hydrogens (primary N) is 1. The fourth-order valence-corrected chi connectivity index (χ4v) is 1.71. The molecule has 0 aromatic carbocycles. The molecule has 6 heteroatoms. The Labute approximate surface area is 93.0 Å². The van der Waals surface area contributed by atoms with Gasteiger partial charge in [0.05, 0.1) is 6.10 Å². The van der Waals surface area contributed by atoms with Crippen LogP contribution < -0.4 is 11.1 Å². The third-order valence-corrected chi connectivity index (χ3v) is 2.96. The van der Waals surface area contributed by atoms with E-state index < -0.39 is 0 Å². The molecule has 1 fully saturated rings. The van der Waals surface area contributed by atoms with Gasteiger partial charge in [-0.2, -0.15) is 0 Å². The fraction of sp³-hybridized carbons (Fsp3) is 0.556. The van der Waals surface area contributed by atoms with E-state index in [0.717, 1.165) is 12.8 Å². The zero-order valence-corrected chi connectivity index (χ0v) is 9.16. The number of halogens is 1. The van der Waals surface area contributed by atoms with Crippen molar-refractivity contribution in [2.24, 2.45) is 0 Å². The fourth-order valence-electron chi connectivity index (χ4n) is 1.55. The Morgan fingerprint density at radius 2 is 2.27 bits per heavy atom. The summed E-state index contributed by atoms with van der Waals surface area (Å²) in [6, 6.07) is 0.363. The topological polar surface area (TPSA) is 73.1 Å². The maximum absolute atomic E-state index is 5.94. The van der Waals surface area contributed by atoms with E-state index >= 15 is 0 Å². The average Bonchev–Trinajstić information content (AvgIpc) is 2.17. The van der Waals surface area contributed by atoms with Gasteiger partial charge >= 0.3 is 0 Å². The van der Waals surface area contributed by atoms with Gasteiger partial charge in [0.1, 0.15) is 17.2 Å². The lowest BCUT2D eigenvalue weighted by Crippen LogP contribution is -2.40. The van der Waals surface area contributed by atoms with Gasteiger partial charge in [-0.25, -0.2) is 9.97 Å². The minimum absolute atomic E-state index is 0.303. The summed E-state index contributed by atoms with van der Waals surface area (Å²) in [4.78, 5) is 7.83. The predicted octanol–water partition coefficient (Wildman–Crippen LogP) is 1.30. The zero-order chi connectivity index (χ0) is 10.8. The van der Waals surface area contributed by atoms with E-state index in [4.69, 9.17) is 22.1 Å². The molecular formula is C9H13ClN4O. The van der Waals surface area contributed by atoms with Crippen LogP contribution in [0.15, 0.2) is 6.33 Å². The second kappa shape index (κ2) is 4.20. The molecule has 0 amide bonds. The highest BCUT2D eigenvalue weighted by Crippen LogP contribution is 2.29. The molecular weight excluding hydrogens is 216 g/mol. The van der Waals surface area contributed by atoms with E-state index in [1.807, 2.05) is 0 Å². The van der Waals surface area contributed by atoms with E-state index in [2.05, 4.69) is 15.3 Å². The summed E-state index contributed by atoms with van der Waals surface area (Å²) in [6.45, 7) is 0. The molecule has 0 radical (unpaired) electrons. The number of hydrogen-bond donors (Lipinski definition) is 2. The van der Waals surface area contributed by atoms with Crippen molar-refractivity contribution in [3.63, 3.8) is 0 Å². The van der Waals surface area contributed by atoms with Gasteiger partial charge in [-0.15, -0.1) is 0 Å². The van der Waals surface area contributed by atoms with Crippen LogP contribution in [0.25, 0.3) is 0 Å². The standard InChI is InChI=1S/C9H13ClN4O/c1-15-6-2-5(3-6)14-9-7(10)8(11)12-4-13-9/h4-6H,2-3H2,1H3,(H3,11,12,13,14). The van der Waals surface area contributed by atoms with Gasteiger partial charge in [-0.05, 0) is 12.8 Å². The van der Waals surface area contributed by atoms with E-state index in [1.54, 1.807) is 7.11 Å². The molecule has 1 heterocycles. The van der Waals surface area contributed by atoms with Crippen LogP contribution in [0.1, 0.15) is 12.8 Å². The molecule has 3 N–H and O–H groups in total. The summed E-state index contributed by atoms with van der Waals surface area (Å²) in [7, 11) is 1.72. The van der Waals surface area contributed by atoms with Crippen LogP contribution in [0.3, 0.4) is 0 Å². The quantitative estimate of drug-likeness (QED) is 0.816. The van der Waals surface area contributed by atoms with Crippen molar-refractivity contribution in [2.75, 3.05) is 18.2 Å². The van der Waals surface area contributed by atoms with E-state index in [1.165, 1.54) is 6.33 Å². The number of hydrogen-bond acceptors (Lipinski definition) is 5. The minimum Gasteiger partial charge on any atom is -0.382 e. The molecule has 1 aromatic heterocycles. The minimum atomic E-state index is 0.303. The smallest absolute Gasteiger partial charge is 0.150 e. The highest BCUT2D eigenvalue weighted by molar-refractivity contribution is 6.35. The predicted molar refractivity (Wildman–Crippen MR) is 58.9 cm³/mol. The molecule has 0 saturated heterocycles. The molecule has 0 atom stereocenters. The first kappa shape index (κ1) is 10.4. The molecule has 0 spiro atoms. The Morgan fingerprint density at radius 1 is 1.53 bits per heavy atom. The van der Waals surface area contributed by atoms with Crippen LogP contribution in [-0.2, 0) is 4.74 Å². The molecule has 1 aromatic rings. The van der Waals surface area contributed by atoms with Crippen molar-refractivity contribution in [3.05, 3.63) is 11.3 Å². The van der Waals surface area contributed by atoms with E-state index in [9.17, 15) is 0 Å². The number of nitrogens with zero attached hydrogens (tertiary/aromatic N) is 2. The maximum Gasteiger partial charge on any atom is 0.150 e. The Hall–Kier alpha value is -1.07. The number of anilines is 2. The maximum atomic E-state index is 5.94. The normalized spacial score (nSPS) is 24.7. The monoisotopic (exact) mass is 228 g/mol. The first-order valence-electron chi connectivity index (χ1n) is 4.76. The number of methoxy groups -OCH3 is 1. The lowest BCUT2D eigenvalue weighted by atomic mass is 9.89. The molecule has 0 aliphatic heterocycles. The Balaban J connectivity index is 1.97. The summed E-state index contributed by atoms with van der Waals surface area (Å²) in [5.74, 6) is 0.903. The number of nitrogen functional groups attached to an aromatic ring is 1. The Kier molecular flexibility index (Phi) is 2.93. The van der Waals surface area contributed by atoms with Crippen LogP contribution in [0.4, 0.5) is 11.6 Å². The first-order chi connectivity index (χ1) is 7.20. The van der Waals surface area contributed by atoms with Gasteiger partial charge in [0.2, 0.25) is 0 Å². The van der Waals surface area contributed by atoms with Crippen molar-refractivity contribution in [3.8, 4) is 0 Å². The second-order valence-corrected chi connectivity index (χ2v) is 3.97. The third-order valence-electron chi connectivity index (χ3n) is 2.59. The van der Waals surface area contributed by atoms with Crippen molar-refractivity contribution in [1.29, 1.82) is 0 Å². The molecule has 82 valence electrons. The Morgan fingerprint density at radius 3 is 2.93 bits per heavy atom. The highest BCUT2D eigenvalue weighted by atomic mass is 35.5. The molecule has 0 unspecified atom stereocenters. The van der Waals surface area contributed by atoms with Crippen LogP contribution in [-0.4, -0.2) is 29.2 Å². The van der Waals surface area contributed by atoms with Gasteiger partial charge in [0.15, 0.2) is 5.82 Å². The van der Waals surface area contributed by atoms with Gasteiger partial charge < -0.3 is 15.8 Å². The molecule has 1 aliphatic rings. The summed E-state index contributed by atoms with van der Waals surface area (Å²) >= 11 is 5.94. The molecule has 5 nitrogen and oxygen atoms in total.